The fourth-order valence-corrected chi connectivity index (χ4v) is 2.51. The number of ether oxygens (including phenoxy) is 1. The number of carboxylic acids is 2. The molecule has 0 radical (unpaired) electrons. The first-order chi connectivity index (χ1) is 12.9. The van der Waals surface area contributed by atoms with Gasteiger partial charge in [0.2, 0.25) is 0 Å². The second kappa shape index (κ2) is 9.38. The molecule has 0 fully saturated rings. The Balaban J connectivity index is 2.01. The van der Waals surface area contributed by atoms with Gasteiger partial charge in [-0.2, -0.15) is 0 Å². The molecule has 7 heteroatoms. The van der Waals surface area contributed by atoms with Gasteiger partial charge >= 0.3 is 11.9 Å². The predicted octanol–water partition coefficient (Wildman–Crippen LogP) is 2.14. The van der Waals surface area contributed by atoms with Crippen molar-refractivity contribution in [3.05, 3.63) is 65.2 Å². The molecule has 27 heavy (non-hydrogen) atoms. The third-order valence-corrected chi connectivity index (χ3v) is 4.05. The van der Waals surface area contributed by atoms with Crippen LogP contribution >= 0.6 is 0 Å². The Hall–Kier alpha value is -3.35. The van der Waals surface area contributed by atoms with Crippen LogP contribution in [0.5, 0.6) is 5.75 Å². The van der Waals surface area contributed by atoms with Crippen molar-refractivity contribution < 1.29 is 29.3 Å². The van der Waals surface area contributed by atoms with Crippen molar-refractivity contribution in [2.24, 2.45) is 0 Å². The summed E-state index contributed by atoms with van der Waals surface area (Å²) in [6.45, 7) is 0. The van der Waals surface area contributed by atoms with Crippen molar-refractivity contribution in [2.45, 2.75) is 25.3 Å². The van der Waals surface area contributed by atoms with Gasteiger partial charge in [-0.15, -0.1) is 0 Å². The molecule has 1 atom stereocenters. The summed E-state index contributed by atoms with van der Waals surface area (Å²) in [5.41, 5.74) is 1.93. The molecule has 142 valence electrons. The maximum Gasteiger partial charge on any atom is 0.326 e. The number of amides is 1. The fourth-order valence-electron chi connectivity index (χ4n) is 2.51. The van der Waals surface area contributed by atoms with Gasteiger partial charge in [0.05, 0.1) is 7.11 Å². The summed E-state index contributed by atoms with van der Waals surface area (Å²) in [6, 6.07) is 12.3. The van der Waals surface area contributed by atoms with E-state index < -0.39 is 23.9 Å². The van der Waals surface area contributed by atoms with Gasteiger partial charge in [0.25, 0.3) is 5.91 Å². The van der Waals surface area contributed by atoms with Crippen LogP contribution in [0.15, 0.2) is 48.5 Å². The van der Waals surface area contributed by atoms with Crippen LogP contribution in [0.2, 0.25) is 0 Å². The molecular weight excluding hydrogens is 350 g/mol. The lowest BCUT2D eigenvalue weighted by atomic mass is 10.0. The maximum atomic E-state index is 12.3. The molecule has 0 spiro atoms. The topological polar surface area (TPSA) is 113 Å². The first-order valence-electron chi connectivity index (χ1n) is 8.36. The third kappa shape index (κ3) is 6.14. The highest BCUT2D eigenvalue weighted by atomic mass is 16.5. The molecule has 0 aliphatic heterocycles. The highest BCUT2D eigenvalue weighted by Gasteiger charge is 2.21. The number of hydrogen-bond donors (Lipinski definition) is 3. The monoisotopic (exact) mass is 371 g/mol. The van der Waals surface area contributed by atoms with E-state index in [2.05, 4.69) is 5.32 Å². The van der Waals surface area contributed by atoms with E-state index in [-0.39, 0.29) is 12.8 Å². The van der Waals surface area contributed by atoms with E-state index in [0.717, 1.165) is 11.1 Å². The van der Waals surface area contributed by atoms with E-state index in [0.29, 0.717) is 17.7 Å². The molecule has 2 rings (SSSR count). The zero-order valence-corrected chi connectivity index (χ0v) is 14.8. The first kappa shape index (κ1) is 20.0. The molecule has 0 saturated heterocycles. The Bertz CT molecular complexity index is 798. The summed E-state index contributed by atoms with van der Waals surface area (Å²) >= 11 is 0. The number of aryl methyl sites for hydroxylation is 1. The molecule has 0 bridgehead atoms. The average Bonchev–Trinajstić information content (AvgIpc) is 2.66. The highest BCUT2D eigenvalue weighted by molar-refractivity contribution is 5.96. The fraction of sp³-hybridized carbons (Fsp3) is 0.250. The van der Waals surface area contributed by atoms with E-state index in [1.54, 1.807) is 48.5 Å². The van der Waals surface area contributed by atoms with Crippen molar-refractivity contribution in [1.82, 2.24) is 5.32 Å². The zero-order chi connectivity index (χ0) is 19.8. The van der Waals surface area contributed by atoms with Crippen LogP contribution < -0.4 is 10.1 Å². The smallest absolute Gasteiger partial charge is 0.326 e. The number of nitrogens with one attached hydrogen (secondary N) is 1. The Morgan fingerprint density at radius 1 is 0.963 bits per heavy atom. The molecule has 0 aliphatic rings. The lowest BCUT2D eigenvalue weighted by Crippen LogP contribution is -2.42. The quantitative estimate of drug-likeness (QED) is 0.622. The molecule has 0 heterocycles. The average molecular weight is 371 g/mol. The van der Waals surface area contributed by atoms with Gasteiger partial charge in [-0.3, -0.25) is 9.59 Å². The van der Waals surface area contributed by atoms with Crippen LogP contribution in [0.4, 0.5) is 0 Å². The zero-order valence-electron chi connectivity index (χ0n) is 14.8. The van der Waals surface area contributed by atoms with E-state index in [4.69, 9.17) is 9.84 Å². The third-order valence-electron chi connectivity index (χ3n) is 4.05. The largest absolute Gasteiger partial charge is 0.497 e. The number of aliphatic carboxylic acids is 2. The summed E-state index contributed by atoms with van der Waals surface area (Å²) in [5, 5.41) is 20.6. The summed E-state index contributed by atoms with van der Waals surface area (Å²) in [7, 11) is 1.52. The normalized spacial score (nSPS) is 11.4. The Labute approximate surface area is 156 Å². The van der Waals surface area contributed by atoms with E-state index >= 15 is 0 Å². The van der Waals surface area contributed by atoms with Gasteiger partial charge in [-0.1, -0.05) is 24.3 Å². The van der Waals surface area contributed by atoms with Crippen molar-refractivity contribution in [2.75, 3.05) is 7.11 Å². The van der Waals surface area contributed by atoms with Crippen molar-refractivity contribution in [3.8, 4) is 5.75 Å². The number of hydrogen-bond acceptors (Lipinski definition) is 4. The van der Waals surface area contributed by atoms with E-state index in [9.17, 15) is 19.5 Å². The van der Waals surface area contributed by atoms with Gasteiger partial charge in [-0.05, 0) is 41.8 Å². The summed E-state index contributed by atoms with van der Waals surface area (Å²) in [5.74, 6) is -1.88. The molecular formula is C20H21NO6. The lowest BCUT2D eigenvalue weighted by Gasteiger charge is -2.15. The number of benzene rings is 2. The predicted molar refractivity (Wildman–Crippen MR) is 98.0 cm³/mol. The SMILES string of the molecule is COc1ccc(C(=O)N[C@@H](Cc2ccc(CCC(=O)O)cc2)C(=O)O)cc1. The Morgan fingerprint density at radius 2 is 1.56 bits per heavy atom. The number of rotatable bonds is 9. The summed E-state index contributed by atoms with van der Waals surface area (Å²) in [6.07, 6.45) is 0.567. The molecule has 0 aliphatic carbocycles. The van der Waals surface area contributed by atoms with Crippen LogP contribution in [-0.2, 0) is 22.4 Å². The molecule has 3 N–H and O–H groups in total. The minimum Gasteiger partial charge on any atom is -0.497 e. The minimum atomic E-state index is -1.13. The van der Waals surface area contributed by atoms with Crippen molar-refractivity contribution in [3.63, 3.8) is 0 Å². The van der Waals surface area contributed by atoms with Gasteiger partial charge in [0.1, 0.15) is 11.8 Å². The van der Waals surface area contributed by atoms with Crippen LogP contribution in [0.1, 0.15) is 27.9 Å². The van der Waals surface area contributed by atoms with Crippen LogP contribution in [0.25, 0.3) is 0 Å². The van der Waals surface area contributed by atoms with Gasteiger partial charge < -0.3 is 20.3 Å². The standard InChI is InChI=1S/C20H21NO6/c1-27-16-9-7-15(8-10-16)19(24)21-17(20(25)26)12-14-4-2-13(3-5-14)6-11-18(22)23/h2-5,7-10,17H,6,11-12H2,1H3,(H,21,24)(H,22,23)(H,25,26)/t17-/m0/s1. The maximum absolute atomic E-state index is 12.3. The van der Waals surface area contributed by atoms with Crippen LogP contribution in [0.3, 0.4) is 0 Å². The molecule has 2 aromatic carbocycles. The van der Waals surface area contributed by atoms with Crippen LogP contribution in [0, 0.1) is 0 Å². The minimum absolute atomic E-state index is 0.0367. The number of carbonyl (C=O) groups is 3. The molecule has 0 saturated carbocycles. The first-order valence-corrected chi connectivity index (χ1v) is 8.36. The highest BCUT2D eigenvalue weighted by Crippen LogP contribution is 2.13. The van der Waals surface area contributed by atoms with Gasteiger partial charge in [0, 0.05) is 18.4 Å². The van der Waals surface area contributed by atoms with Crippen molar-refractivity contribution >= 4 is 17.8 Å². The van der Waals surface area contributed by atoms with E-state index in [1.807, 2.05) is 0 Å². The lowest BCUT2D eigenvalue weighted by molar-refractivity contribution is -0.139. The van der Waals surface area contributed by atoms with E-state index in [1.165, 1.54) is 7.11 Å². The summed E-state index contributed by atoms with van der Waals surface area (Å²) < 4.78 is 5.03. The number of carboxylic acid groups (broad SMARTS) is 2. The molecule has 2 aromatic rings. The van der Waals surface area contributed by atoms with Crippen LogP contribution in [-0.4, -0.2) is 41.2 Å². The molecule has 7 nitrogen and oxygen atoms in total. The summed E-state index contributed by atoms with van der Waals surface area (Å²) in [4.78, 5) is 34.4. The number of carbonyl (C=O) groups excluding carboxylic acids is 1. The van der Waals surface area contributed by atoms with Gasteiger partial charge in [-0.25, -0.2) is 4.79 Å². The Morgan fingerprint density at radius 3 is 2.07 bits per heavy atom. The molecule has 0 unspecified atom stereocenters. The molecule has 0 aromatic heterocycles. The number of methoxy groups -OCH3 is 1. The second-order valence-electron chi connectivity index (χ2n) is 6.01. The second-order valence-corrected chi connectivity index (χ2v) is 6.01. The van der Waals surface area contributed by atoms with Gasteiger partial charge in [0.15, 0.2) is 0 Å². The molecule has 1 amide bonds. The van der Waals surface area contributed by atoms with Crippen molar-refractivity contribution in [1.29, 1.82) is 0 Å². The Kier molecular flexibility index (Phi) is 6.93.